The van der Waals surface area contributed by atoms with Crippen molar-refractivity contribution in [1.82, 2.24) is 10.2 Å². The number of carbonyl (C=O) groups is 2. The molecule has 5 nitrogen and oxygen atoms in total. The summed E-state index contributed by atoms with van der Waals surface area (Å²) in [7, 11) is 0. The zero-order chi connectivity index (χ0) is 22.2. The topological polar surface area (TPSA) is 58.6 Å². The standard InChI is InChI=1S/C24H28ClFN2O3/c1-2-22(24(30)27-20-5-3-4-6-20)28(15-17-7-11-19(26)12-8-17)23(29)16-31-21-13-9-18(25)10-14-21/h7-14,20,22H,2-6,15-16H2,1H3,(H,27,30)/t22-/m1/s1. The fourth-order valence-corrected chi connectivity index (χ4v) is 3.96. The molecule has 3 rings (SSSR count). The average Bonchev–Trinajstić information content (AvgIpc) is 3.27. The highest BCUT2D eigenvalue weighted by Gasteiger charge is 2.30. The van der Waals surface area contributed by atoms with Crippen LogP contribution < -0.4 is 10.1 Å². The average molecular weight is 447 g/mol. The summed E-state index contributed by atoms with van der Waals surface area (Å²) >= 11 is 5.89. The monoisotopic (exact) mass is 446 g/mol. The van der Waals surface area contributed by atoms with E-state index in [1.54, 1.807) is 36.4 Å². The van der Waals surface area contributed by atoms with E-state index in [0.717, 1.165) is 31.2 Å². The molecule has 0 saturated heterocycles. The molecule has 1 atom stereocenters. The number of hydrogen-bond acceptors (Lipinski definition) is 3. The summed E-state index contributed by atoms with van der Waals surface area (Å²) in [6.45, 7) is 1.86. The van der Waals surface area contributed by atoms with Crippen LogP contribution in [-0.4, -0.2) is 35.4 Å². The molecule has 31 heavy (non-hydrogen) atoms. The van der Waals surface area contributed by atoms with E-state index in [4.69, 9.17) is 16.3 Å². The van der Waals surface area contributed by atoms with E-state index < -0.39 is 6.04 Å². The largest absolute Gasteiger partial charge is 0.484 e. The molecule has 1 aliphatic carbocycles. The van der Waals surface area contributed by atoms with E-state index in [9.17, 15) is 14.0 Å². The summed E-state index contributed by atoms with van der Waals surface area (Å²) in [6.07, 6.45) is 4.61. The number of nitrogens with one attached hydrogen (secondary N) is 1. The second kappa shape index (κ2) is 11.1. The lowest BCUT2D eigenvalue weighted by Gasteiger charge is -2.31. The minimum atomic E-state index is -0.632. The van der Waals surface area contributed by atoms with Crippen LogP contribution in [0.5, 0.6) is 5.75 Å². The van der Waals surface area contributed by atoms with Gasteiger partial charge in [0.2, 0.25) is 5.91 Å². The van der Waals surface area contributed by atoms with Crippen LogP contribution in [0.25, 0.3) is 0 Å². The van der Waals surface area contributed by atoms with Gasteiger partial charge in [0, 0.05) is 17.6 Å². The van der Waals surface area contributed by atoms with Gasteiger partial charge in [-0.1, -0.05) is 43.5 Å². The minimum Gasteiger partial charge on any atom is -0.484 e. The number of benzene rings is 2. The molecule has 2 aromatic rings. The van der Waals surface area contributed by atoms with Gasteiger partial charge in [0.15, 0.2) is 6.61 Å². The van der Waals surface area contributed by atoms with E-state index >= 15 is 0 Å². The van der Waals surface area contributed by atoms with Crippen LogP contribution in [0.4, 0.5) is 4.39 Å². The lowest BCUT2D eigenvalue weighted by Crippen LogP contribution is -2.52. The summed E-state index contributed by atoms with van der Waals surface area (Å²) in [5.41, 5.74) is 0.744. The Morgan fingerprint density at radius 3 is 2.39 bits per heavy atom. The third-order valence-corrected chi connectivity index (χ3v) is 5.78. The van der Waals surface area contributed by atoms with E-state index in [1.165, 1.54) is 17.0 Å². The Morgan fingerprint density at radius 2 is 1.77 bits per heavy atom. The Hall–Kier alpha value is -2.60. The molecule has 0 radical (unpaired) electrons. The zero-order valence-electron chi connectivity index (χ0n) is 17.7. The van der Waals surface area contributed by atoms with E-state index in [1.807, 2.05) is 6.92 Å². The smallest absolute Gasteiger partial charge is 0.261 e. The predicted molar refractivity (Wildman–Crippen MR) is 118 cm³/mol. The minimum absolute atomic E-state index is 0.156. The molecule has 0 aromatic heterocycles. The Kier molecular flexibility index (Phi) is 8.29. The highest BCUT2D eigenvalue weighted by Crippen LogP contribution is 2.20. The molecule has 0 bridgehead atoms. The molecule has 1 fully saturated rings. The third kappa shape index (κ3) is 6.69. The molecule has 2 amide bonds. The predicted octanol–water partition coefficient (Wildman–Crippen LogP) is 4.72. The Bertz CT molecular complexity index is 867. The molecule has 1 aliphatic rings. The molecule has 1 saturated carbocycles. The van der Waals surface area contributed by atoms with Crippen molar-refractivity contribution in [2.45, 2.75) is 57.7 Å². The van der Waals surface area contributed by atoms with Crippen molar-refractivity contribution in [2.75, 3.05) is 6.61 Å². The Morgan fingerprint density at radius 1 is 1.13 bits per heavy atom. The van der Waals surface area contributed by atoms with Crippen molar-refractivity contribution in [3.8, 4) is 5.75 Å². The van der Waals surface area contributed by atoms with Crippen molar-refractivity contribution < 1.29 is 18.7 Å². The van der Waals surface area contributed by atoms with E-state index in [2.05, 4.69) is 5.32 Å². The highest BCUT2D eigenvalue weighted by atomic mass is 35.5. The fourth-order valence-electron chi connectivity index (χ4n) is 3.83. The number of rotatable bonds is 9. The molecule has 7 heteroatoms. The second-order valence-corrected chi connectivity index (χ2v) is 8.24. The van der Waals surface area contributed by atoms with Crippen LogP contribution in [0, 0.1) is 5.82 Å². The summed E-state index contributed by atoms with van der Waals surface area (Å²) in [6, 6.07) is 12.2. The number of ether oxygens (including phenoxy) is 1. The van der Waals surface area contributed by atoms with Crippen LogP contribution in [0.2, 0.25) is 5.02 Å². The lowest BCUT2D eigenvalue weighted by atomic mass is 10.1. The van der Waals surface area contributed by atoms with Gasteiger partial charge in [-0.3, -0.25) is 9.59 Å². The van der Waals surface area contributed by atoms with Gasteiger partial charge < -0.3 is 15.0 Å². The first-order valence-electron chi connectivity index (χ1n) is 10.7. The first-order chi connectivity index (χ1) is 15.0. The third-order valence-electron chi connectivity index (χ3n) is 5.53. The van der Waals surface area contributed by atoms with Gasteiger partial charge in [-0.15, -0.1) is 0 Å². The van der Waals surface area contributed by atoms with Crippen LogP contribution in [0.1, 0.15) is 44.6 Å². The first kappa shape index (κ1) is 23.1. The summed E-state index contributed by atoms with van der Waals surface area (Å²) < 4.78 is 19.0. The number of halogens is 2. The summed E-state index contributed by atoms with van der Waals surface area (Å²) in [5, 5.41) is 3.67. The molecule has 166 valence electrons. The SMILES string of the molecule is CC[C@H](C(=O)NC1CCCC1)N(Cc1ccc(F)cc1)C(=O)COc1ccc(Cl)cc1. The molecule has 0 unspecified atom stereocenters. The lowest BCUT2D eigenvalue weighted by molar-refractivity contribution is -0.143. The van der Waals surface area contributed by atoms with Crippen LogP contribution >= 0.6 is 11.6 Å². The number of amides is 2. The Labute approximate surface area is 187 Å². The highest BCUT2D eigenvalue weighted by molar-refractivity contribution is 6.30. The Balaban J connectivity index is 1.74. The van der Waals surface area contributed by atoms with Crippen molar-refractivity contribution in [3.63, 3.8) is 0 Å². The summed E-state index contributed by atoms with van der Waals surface area (Å²) in [4.78, 5) is 27.7. The van der Waals surface area contributed by atoms with E-state index in [-0.39, 0.29) is 36.8 Å². The van der Waals surface area contributed by atoms with Gasteiger partial charge >= 0.3 is 0 Å². The van der Waals surface area contributed by atoms with Gasteiger partial charge in [-0.25, -0.2) is 4.39 Å². The molecule has 0 heterocycles. The normalized spacial score (nSPS) is 14.8. The summed E-state index contributed by atoms with van der Waals surface area (Å²) in [5.74, 6) is -0.300. The molecule has 2 aromatic carbocycles. The maximum atomic E-state index is 13.3. The number of carbonyl (C=O) groups excluding carboxylic acids is 2. The van der Waals surface area contributed by atoms with Crippen LogP contribution in [0.3, 0.4) is 0 Å². The van der Waals surface area contributed by atoms with Crippen LogP contribution in [0.15, 0.2) is 48.5 Å². The van der Waals surface area contributed by atoms with Crippen molar-refractivity contribution in [1.29, 1.82) is 0 Å². The number of nitrogens with zero attached hydrogens (tertiary/aromatic N) is 1. The van der Waals surface area contributed by atoms with Gasteiger partial charge in [0.25, 0.3) is 5.91 Å². The maximum absolute atomic E-state index is 13.3. The number of hydrogen-bond donors (Lipinski definition) is 1. The first-order valence-corrected chi connectivity index (χ1v) is 11.1. The van der Waals surface area contributed by atoms with Crippen LogP contribution in [-0.2, 0) is 16.1 Å². The second-order valence-electron chi connectivity index (χ2n) is 7.80. The van der Waals surface area contributed by atoms with Gasteiger partial charge in [0.1, 0.15) is 17.6 Å². The molecule has 0 spiro atoms. The van der Waals surface area contributed by atoms with E-state index in [0.29, 0.717) is 17.2 Å². The van der Waals surface area contributed by atoms with Crippen molar-refractivity contribution in [3.05, 3.63) is 64.9 Å². The van der Waals surface area contributed by atoms with Gasteiger partial charge in [-0.2, -0.15) is 0 Å². The van der Waals surface area contributed by atoms with Gasteiger partial charge in [-0.05, 0) is 61.2 Å². The fraction of sp³-hybridized carbons (Fsp3) is 0.417. The maximum Gasteiger partial charge on any atom is 0.261 e. The molecule has 1 N–H and O–H groups in total. The molecular weight excluding hydrogens is 419 g/mol. The quantitative estimate of drug-likeness (QED) is 0.606. The zero-order valence-corrected chi connectivity index (χ0v) is 18.4. The van der Waals surface area contributed by atoms with Crippen molar-refractivity contribution in [2.24, 2.45) is 0 Å². The molecular formula is C24H28ClFN2O3. The van der Waals surface area contributed by atoms with Crippen molar-refractivity contribution >= 4 is 23.4 Å². The molecule has 0 aliphatic heterocycles. The van der Waals surface area contributed by atoms with Gasteiger partial charge in [0.05, 0.1) is 0 Å².